The number of halogens is 1. The molecule has 0 spiro atoms. The molecule has 7 nitrogen and oxygen atoms in total. The fourth-order valence-electron chi connectivity index (χ4n) is 2.73. The lowest BCUT2D eigenvalue weighted by Gasteiger charge is -2.24. The first-order chi connectivity index (χ1) is 13.8. The van der Waals surface area contributed by atoms with Gasteiger partial charge in [0.2, 0.25) is 15.9 Å². The maximum atomic E-state index is 13.9. The SMILES string of the molecule is CSCC[C@H](NS(=O)(=O)c1ccccc1F)C(=O)NC[C@@H](c1ccco1)N(C)C. The van der Waals surface area contributed by atoms with Crippen molar-refractivity contribution in [1.82, 2.24) is 14.9 Å². The van der Waals surface area contributed by atoms with Crippen molar-refractivity contribution < 1.29 is 22.0 Å². The quantitative estimate of drug-likeness (QED) is 0.554. The smallest absolute Gasteiger partial charge is 0.244 e. The highest BCUT2D eigenvalue weighted by Crippen LogP contribution is 2.18. The number of carbonyl (C=O) groups is 1. The Morgan fingerprint density at radius 1 is 1.24 bits per heavy atom. The van der Waals surface area contributed by atoms with E-state index >= 15 is 0 Å². The first-order valence-corrected chi connectivity index (χ1v) is 11.9. The number of sulfonamides is 1. The highest BCUT2D eigenvalue weighted by molar-refractivity contribution is 7.98. The van der Waals surface area contributed by atoms with Crippen LogP contribution < -0.4 is 10.0 Å². The summed E-state index contributed by atoms with van der Waals surface area (Å²) in [7, 11) is -0.482. The Bertz CT molecular complexity index is 889. The summed E-state index contributed by atoms with van der Waals surface area (Å²) >= 11 is 1.49. The van der Waals surface area contributed by atoms with Gasteiger partial charge in [-0.05, 0) is 56.8 Å². The van der Waals surface area contributed by atoms with Crippen LogP contribution in [0.15, 0.2) is 52.0 Å². The predicted octanol–water partition coefficient (Wildman–Crippen LogP) is 2.24. The monoisotopic (exact) mass is 443 g/mol. The van der Waals surface area contributed by atoms with Crippen LogP contribution in [0.5, 0.6) is 0 Å². The van der Waals surface area contributed by atoms with Gasteiger partial charge in [0.15, 0.2) is 0 Å². The molecule has 0 saturated carbocycles. The van der Waals surface area contributed by atoms with E-state index in [1.165, 1.54) is 30.0 Å². The van der Waals surface area contributed by atoms with Crippen LogP contribution in [0.4, 0.5) is 4.39 Å². The third-order valence-corrected chi connectivity index (χ3v) is 6.46. The topological polar surface area (TPSA) is 91.6 Å². The van der Waals surface area contributed by atoms with Gasteiger partial charge in [0, 0.05) is 6.54 Å². The van der Waals surface area contributed by atoms with Gasteiger partial charge in [-0.25, -0.2) is 12.8 Å². The molecule has 10 heteroatoms. The zero-order chi connectivity index (χ0) is 21.4. The molecule has 0 fully saturated rings. The van der Waals surface area contributed by atoms with Crippen LogP contribution in [0.2, 0.25) is 0 Å². The molecule has 2 rings (SSSR count). The number of amides is 1. The number of benzene rings is 1. The van der Waals surface area contributed by atoms with Crippen LogP contribution in [-0.4, -0.2) is 57.9 Å². The van der Waals surface area contributed by atoms with E-state index in [1.807, 2.05) is 31.3 Å². The predicted molar refractivity (Wildman–Crippen MR) is 112 cm³/mol. The molecule has 1 amide bonds. The minimum Gasteiger partial charge on any atom is -0.468 e. The van der Waals surface area contributed by atoms with Gasteiger partial charge in [-0.15, -0.1) is 0 Å². The number of nitrogens with one attached hydrogen (secondary N) is 2. The largest absolute Gasteiger partial charge is 0.468 e. The molecule has 0 radical (unpaired) electrons. The number of rotatable bonds is 11. The molecule has 2 aromatic rings. The van der Waals surface area contributed by atoms with Gasteiger partial charge in [0.1, 0.15) is 22.5 Å². The van der Waals surface area contributed by atoms with E-state index in [0.29, 0.717) is 11.5 Å². The van der Waals surface area contributed by atoms with Crippen molar-refractivity contribution in [2.75, 3.05) is 32.6 Å². The summed E-state index contributed by atoms with van der Waals surface area (Å²) in [5.74, 6) is -0.0949. The van der Waals surface area contributed by atoms with Gasteiger partial charge in [-0.3, -0.25) is 9.69 Å². The molecule has 1 heterocycles. The Morgan fingerprint density at radius 2 is 1.97 bits per heavy atom. The zero-order valence-electron chi connectivity index (χ0n) is 16.6. The lowest BCUT2D eigenvalue weighted by atomic mass is 10.2. The van der Waals surface area contributed by atoms with Crippen LogP contribution in [0.3, 0.4) is 0 Å². The Morgan fingerprint density at radius 3 is 2.55 bits per heavy atom. The minimum atomic E-state index is -4.19. The summed E-state index contributed by atoms with van der Waals surface area (Å²) in [5, 5.41) is 2.78. The molecule has 1 aromatic heterocycles. The van der Waals surface area contributed by atoms with Crippen molar-refractivity contribution in [3.05, 3.63) is 54.2 Å². The maximum absolute atomic E-state index is 13.9. The van der Waals surface area contributed by atoms with Crippen LogP contribution in [0, 0.1) is 5.82 Å². The van der Waals surface area contributed by atoms with Crippen molar-refractivity contribution >= 4 is 27.7 Å². The Balaban J connectivity index is 2.12. The molecule has 0 aliphatic carbocycles. The zero-order valence-corrected chi connectivity index (χ0v) is 18.2. The van der Waals surface area contributed by atoms with Crippen LogP contribution in [0.1, 0.15) is 18.2 Å². The normalized spacial score (nSPS) is 14.0. The highest BCUT2D eigenvalue weighted by Gasteiger charge is 2.28. The van der Waals surface area contributed by atoms with E-state index in [-0.39, 0.29) is 19.0 Å². The van der Waals surface area contributed by atoms with Gasteiger partial charge in [0.05, 0.1) is 12.3 Å². The number of likely N-dealkylation sites (N-methyl/N-ethyl adjacent to an activating group) is 1. The maximum Gasteiger partial charge on any atom is 0.244 e. The van der Waals surface area contributed by atoms with Crippen molar-refractivity contribution in [2.24, 2.45) is 0 Å². The summed E-state index contributed by atoms with van der Waals surface area (Å²) in [5.41, 5.74) is 0. The summed E-state index contributed by atoms with van der Waals surface area (Å²) in [6.07, 6.45) is 3.69. The van der Waals surface area contributed by atoms with Crippen LogP contribution in [0.25, 0.3) is 0 Å². The second kappa shape index (κ2) is 10.8. The number of hydrogen-bond donors (Lipinski definition) is 2. The Hall–Kier alpha value is -1.88. The molecule has 0 aliphatic rings. The van der Waals surface area contributed by atoms with Gasteiger partial charge >= 0.3 is 0 Å². The van der Waals surface area contributed by atoms with E-state index in [4.69, 9.17) is 4.42 Å². The molecular weight excluding hydrogens is 417 g/mol. The summed E-state index contributed by atoms with van der Waals surface area (Å²) in [6.45, 7) is 0.233. The number of thioether (sulfide) groups is 1. The molecular formula is C19H26FN3O4S2. The summed E-state index contributed by atoms with van der Waals surface area (Å²) in [4.78, 5) is 14.2. The van der Waals surface area contributed by atoms with E-state index < -0.39 is 32.7 Å². The van der Waals surface area contributed by atoms with Gasteiger partial charge in [0.25, 0.3) is 0 Å². The second-order valence-corrected chi connectivity index (χ2v) is 9.29. The lowest BCUT2D eigenvalue weighted by molar-refractivity contribution is -0.123. The van der Waals surface area contributed by atoms with Crippen LogP contribution in [-0.2, 0) is 14.8 Å². The molecule has 160 valence electrons. The molecule has 2 N–H and O–H groups in total. The molecule has 2 atom stereocenters. The number of nitrogens with zero attached hydrogens (tertiary/aromatic N) is 1. The average molecular weight is 444 g/mol. The Kier molecular flexibility index (Phi) is 8.69. The van der Waals surface area contributed by atoms with E-state index in [0.717, 1.165) is 6.07 Å². The van der Waals surface area contributed by atoms with E-state index in [2.05, 4.69) is 10.0 Å². The average Bonchev–Trinajstić information content (AvgIpc) is 3.19. The highest BCUT2D eigenvalue weighted by atomic mass is 32.2. The first kappa shape index (κ1) is 23.4. The summed E-state index contributed by atoms with van der Waals surface area (Å²) < 4.78 is 46.9. The second-order valence-electron chi connectivity index (χ2n) is 6.63. The van der Waals surface area contributed by atoms with E-state index in [9.17, 15) is 17.6 Å². The fraction of sp³-hybridized carbons (Fsp3) is 0.421. The third-order valence-electron chi connectivity index (χ3n) is 4.32. The standard InChI is InChI=1S/C19H26FN3O4S2/c1-23(2)16(17-8-6-11-27-17)13-21-19(24)15(10-12-28-3)22-29(25,26)18-9-5-4-7-14(18)20/h4-9,11,15-16,22H,10,12-13H2,1-3H3,(H,21,24)/t15-,16-/m0/s1. The van der Waals surface area contributed by atoms with Gasteiger partial charge in [-0.2, -0.15) is 16.5 Å². The van der Waals surface area contributed by atoms with Gasteiger partial charge < -0.3 is 9.73 Å². The number of carbonyl (C=O) groups excluding carboxylic acids is 1. The molecule has 0 unspecified atom stereocenters. The third kappa shape index (κ3) is 6.56. The summed E-state index contributed by atoms with van der Waals surface area (Å²) in [6, 6.07) is 7.41. The fourth-order valence-corrected chi connectivity index (χ4v) is 4.51. The number of furan rings is 1. The molecule has 1 aromatic carbocycles. The minimum absolute atomic E-state index is 0.210. The Labute approximate surface area is 175 Å². The first-order valence-electron chi connectivity index (χ1n) is 8.99. The van der Waals surface area contributed by atoms with Crippen molar-refractivity contribution in [3.63, 3.8) is 0 Å². The molecule has 0 saturated heterocycles. The van der Waals surface area contributed by atoms with Crippen molar-refractivity contribution in [1.29, 1.82) is 0 Å². The van der Waals surface area contributed by atoms with Gasteiger partial charge in [-0.1, -0.05) is 12.1 Å². The van der Waals surface area contributed by atoms with E-state index in [1.54, 1.807) is 12.3 Å². The van der Waals surface area contributed by atoms with Crippen molar-refractivity contribution in [2.45, 2.75) is 23.4 Å². The molecule has 0 bridgehead atoms. The van der Waals surface area contributed by atoms with Crippen LogP contribution >= 0.6 is 11.8 Å². The molecule has 0 aliphatic heterocycles. The molecule has 29 heavy (non-hydrogen) atoms. The van der Waals surface area contributed by atoms with Crippen molar-refractivity contribution in [3.8, 4) is 0 Å². The number of hydrogen-bond acceptors (Lipinski definition) is 6. The lowest BCUT2D eigenvalue weighted by Crippen LogP contribution is -2.48.